The normalized spacial score (nSPS) is 52.7. The van der Waals surface area contributed by atoms with Gasteiger partial charge in [0.15, 0.2) is 12.2 Å². The summed E-state index contributed by atoms with van der Waals surface area (Å²) in [5.74, 6) is 0. The van der Waals surface area contributed by atoms with Crippen LogP contribution in [0.5, 0.6) is 0 Å². The van der Waals surface area contributed by atoms with Crippen molar-refractivity contribution in [1.29, 1.82) is 0 Å². The van der Waals surface area contributed by atoms with E-state index in [1.165, 1.54) is 0 Å². The Labute approximate surface area is 84.9 Å². The second-order valence-electron chi connectivity index (χ2n) is 3.40. The van der Waals surface area contributed by atoms with Crippen LogP contribution >= 0.6 is 8.03 Å². The third kappa shape index (κ3) is 1.69. The van der Waals surface area contributed by atoms with E-state index in [1.807, 2.05) is 0 Å². The van der Waals surface area contributed by atoms with Crippen molar-refractivity contribution in [3.63, 3.8) is 0 Å². The molecular weight excluding hydrogens is 231 g/mol. The van der Waals surface area contributed by atoms with E-state index in [0.29, 0.717) is 0 Å². The maximum Gasteiger partial charge on any atom is 0.350 e. The minimum atomic E-state index is -3.73. The molecule has 15 heavy (non-hydrogen) atoms. The summed E-state index contributed by atoms with van der Waals surface area (Å²) in [6.45, 7) is 0. The molecule has 0 aromatic rings. The average Bonchev–Trinajstić information content (AvgIpc) is 2.20. The molecule has 1 aliphatic carbocycles. The summed E-state index contributed by atoms with van der Waals surface area (Å²) in [7, 11) is -3.73. The highest BCUT2D eigenvalue weighted by Crippen LogP contribution is 2.42. The predicted octanol–water partition coefficient (Wildman–Crippen LogP) is -4.40. The monoisotopic (exact) mass is 242 g/mol. The van der Waals surface area contributed by atoms with Gasteiger partial charge in [0, 0.05) is 0 Å². The Balaban J connectivity index is 3.12. The van der Waals surface area contributed by atoms with Crippen LogP contribution < -0.4 is 4.89 Å². The first-order valence-corrected chi connectivity index (χ1v) is 5.19. The minimum absolute atomic E-state index is 1.94. The van der Waals surface area contributed by atoms with E-state index in [4.69, 9.17) is 15.3 Å². The van der Waals surface area contributed by atoms with E-state index in [2.05, 4.69) is 0 Å². The molecule has 1 unspecified atom stereocenters. The summed E-state index contributed by atoms with van der Waals surface area (Å²) in [5, 5.41) is 52.1. The van der Waals surface area contributed by atoms with Crippen LogP contribution in [0.4, 0.5) is 0 Å². The van der Waals surface area contributed by atoms with Crippen molar-refractivity contribution in [1.82, 2.24) is 0 Å². The highest BCUT2D eigenvalue weighted by Gasteiger charge is 2.65. The summed E-state index contributed by atoms with van der Waals surface area (Å²) in [6.07, 6.45) is -10.7. The number of aliphatic hydroxyl groups is 6. The maximum absolute atomic E-state index is 10.7. The third-order valence-corrected chi connectivity index (χ3v) is 3.62. The molecule has 0 aliphatic heterocycles. The molecule has 0 spiro atoms. The van der Waals surface area contributed by atoms with Crippen molar-refractivity contribution in [3.8, 4) is 0 Å². The Bertz CT molecular complexity index is 254. The van der Waals surface area contributed by atoms with Gasteiger partial charge in [-0.3, -0.25) is 0 Å². The fourth-order valence-corrected chi connectivity index (χ4v) is 2.21. The van der Waals surface area contributed by atoms with Gasteiger partial charge in [0.1, 0.15) is 18.3 Å². The molecular formula is C6H11O8P. The molecule has 0 bridgehead atoms. The zero-order valence-electron chi connectivity index (χ0n) is 7.33. The van der Waals surface area contributed by atoms with Crippen LogP contribution in [0, 0.1) is 0 Å². The lowest BCUT2D eigenvalue weighted by Gasteiger charge is -2.42. The second-order valence-corrected chi connectivity index (χ2v) is 4.63. The smallest absolute Gasteiger partial charge is 0.350 e. The van der Waals surface area contributed by atoms with Crippen molar-refractivity contribution >= 4 is 8.03 Å². The van der Waals surface area contributed by atoms with E-state index in [9.17, 15) is 24.8 Å². The SMILES string of the molecule is O=[P+]([O-])C1(O)[C@@H](O)[C@H](O)C(O)[C@@H](O)[C@@H]1O. The zero-order valence-corrected chi connectivity index (χ0v) is 8.23. The van der Waals surface area contributed by atoms with Crippen LogP contribution in [0.15, 0.2) is 0 Å². The van der Waals surface area contributed by atoms with Crippen LogP contribution in [0.25, 0.3) is 0 Å². The van der Waals surface area contributed by atoms with Crippen LogP contribution in [0.3, 0.4) is 0 Å². The first-order chi connectivity index (χ1) is 6.74. The molecule has 0 amide bonds. The average molecular weight is 242 g/mol. The van der Waals surface area contributed by atoms with E-state index >= 15 is 0 Å². The Kier molecular flexibility index (Phi) is 3.44. The van der Waals surface area contributed by atoms with E-state index in [1.54, 1.807) is 0 Å². The van der Waals surface area contributed by atoms with Gasteiger partial charge in [0.2, 0.25) is 0 Å². The van der Waals surface area contributed by atoms with Crippen molar-refractivity contribution in [2.75, 3.05) is 0 Å². The molecule has 1 saturated carbocycles. The summed E-state index contributed by atoms with van der Waals surface area (Å²) >= 11 is 0. The molecule has 5 atom stereocenters. The molecule has 1 fully saturated rings. The Hall–Kier alpha value is -0.180. The van der Waals surface area contributed by atoms with E-state index in [-0.39, 0.29) is 0 Å². The maximum atomic E-state index is 10.7. The van der Waals surface area contributed by atoms with Crippen molar-refractivity contribution in [2.24, 2.45) is 0 Å². The van der Waals surface area contributed by atoms with Crippen LogP contribution in [0.2, 0.25) is 0 Å². The Morgan fingerprint density at radius 1 is 0.933 bits per heavy atom. The van der Waals surface area contributed by atoms with Crippen LogP contribution in [-0.2, 0) is 4.57 Å². The molecule has 9 heteroatoms. The predicted molar refractivity (Wildman–Crippen MR) is 42.6 cm³/mol. The Morgan fingerprint density at radius 3 is 1.53 bits per heavy atom. The summed E-state index contributed by atoms with van der Waals surface area (Å²) in [5.41, 5.74) is 0. The first-order valence-electron chi connectivity index (χ1n) is 4.01. The molecule has 0 aromatic carbocycles. The standard InChI is InChI=1S/C6H11O8P/c7-1-2(8)4(10)6(12,15(13)14)5(11)3(1)9/h1-5,7-12H/t1?,2-,3-,4+,5+,6?/m1/s1. The lowest BCUT2D eigenvalue weighted by atomic mass is 9.84. The van der Waals surface area contributed by atoms with E-state index < -0.39 is 43.9 Å². The molecule has 1 rings (SSSR count). The Morgan fingerprint density at radius 2 is 1.27 bits per heavy atom. The molecule has 0 radical (unpaired) electrons. The summed E-state index contributed by atoms with van der Waals surface area (Å²) in [4.78, 5) is 10.7. The van der Waals surface area contributed by atoms with Gasteiger partial charge in [-0.2, -0.15) is 0 Å². The largest absolute Gasteiger partial charge is 0.593 e. The lowest BCUT2D eigenvalue weighted by Crippen LogP contribution is -2.69. The van der Waals surface area contributed by atoms with Crippen molar-refractivity contribution in [2.45, 2.75) is 35.9 Å². The topological polar surface area (TPSA) is 162 Å². The van der Waals surface area contributed by atoms with Gasteiger partial charge in [0.25, 0.3) is 0 Å². The van der Waals surface area contributed by atoms with E-state index in [0.717, 1.165) is 0 Å². The van der Waals surface area contributed by atoms with Crippen LogP contribution in [-0.4, -0.2) is 66.5 Å². The van der Waals surface area contributed by atoms with Crippen LogP contribution in [0.1, 0.15) is 0 Å². The fourth-order valence-electron chi connectivity index (χ4n) is 1.47. The number of aliphatic hydroxyl groups excluding tert-OH is 5. The molecule has 0 aromatic heterocycles. The number of hydrogen-bond acceptors (Lipinski definition) is 8. The highest BCUT2D eigenvalue weighted by molar-refractivity contribution is 7.38. The number of hydrogen-bond donors (Lipinski definition) is 6. The van der Waals surface area contributed by atoms with Gasteiger partial charge >= 0.3 is 13.4 Å². The van der Waals surface area contributed by atoms with Gasteiger partial charge in [0.05, 0.1) is 0 Å². The fraction of sp³-hybridized carbons (Fsp3) is 1.00. The lowest BCUT2D eigenvalue weighted by molar-refractivity contribution is -0.260. The van der Waals surface area contributed by atoms with Crippen molar-refractivity contribution < 1.29 is 40.1 Å². The zero-order chi connectivity index (χ0) is 12.0. The number of rotatable bonds is 1. The van der Waals surface area contributed by atoms with Crippen molar-refractivity contribution in [3.05, 3.63) is 0 Å². The first kappa shape index (κ1) is 12.9. The molecule has 88 valence electrons. The highest BCUT2D eigenvalue weighted by atomic mass is 31.1. The van der Waals surface area contributed by atoms with Gasteiger partial charge in [-0.1, -0.05) is 4.57 Å². The van der Waals surface area contributed by atoms with Gasteiger partial charge in [-0.25, -0.2) is 0 Å². The summed E-state index contributed by atoms with van der Waals surface area (Å²) < 4.78 is 10.7. The summed E-state index contributed by atoms with van der Waals surface area (Å²) in [6, 6.07) is 0. The third-order valence-electron chi connectivity index (χ3n) is 2.51. The molecule has 0 saturated heterocycles. The molecule has 8 nitrogen and oxygen atoms in total. The quantitative estimate of drug-likeness (QED) is 0.251. The molecule has 0 heterocycles. The second kappa shape index (κ2) is 4.00. The van der Waals surface area contributed by atoms with Gasteiger partial charge in [-0.15, -0.1) is 0 Å². The minimum Gasteiger partial charge on any atom is -0.593 e. The van der Waals surface area contributed by atoms with Gasteiger partial charge < -0.3 is 35.5 Å². The molecule has 1 aliphatic rings. The molecule has 6 N–H and O–H groups in total. The van der Waals surface area contributed by atoms with Gasteiger partial charge in [-0.05, 0) is 0 Å².